The van der Waals surface area contributed by atoms with E-state index in [4.69, 9.17) is 11.6 Å². The average molecular weight is 324 g/mol. The third kappa shape index (κ3) is 2.06. The van der Waals surface area contributed by atoms with Crippen LogP contribution in [0.5, 0.6) is 11.5 Å². The number of hydrogen-bond donors (Lipinski definition) is 0. The highest BCUT2D eigenvalue weighted by Gasteiger charge is 2.66. The Kier molecular flexibility index (Phi) is 2.77. The highest BCUT2D eigenvalue weighted by molar-refractivity contribution is 6.31. The minimum atomic E-state index is -4.81. The van der Waals surface area contributed by atoms with Crippen LogP contribution < -0.4 is 9.47 Å². The lowest BCUT2D eigenvalue weighted by molar-refractivity contribution is -0.391. The lowest BCUT2D eigenvalue weighted by Crippen LogP contribution is -2.52. The number of halogens is 5. The van der Waals surface area contributed by atoms with E-state index in [1.807, 2.05) is 0 Å². The molecule has 0 saturated heterocycles. The summed E-state index contributed by atoms with van der Waals surface area (Å²) in [6.07, 6.45) is -7.30. The van der Waals surface area contributed by atoms with Gasteiger partial charge in [-0.3, -0.25) is 0 Å². The van der Waals surface area contributed by atoms with Gasteiger partial charge in [-0.05, 0) is 18.9 Å². The lowest BCUT2D eigenvalue weighted by Gasteiger charge is -2.32. The summed E-state index contributed by atoms with van der Waals surface area (Å²) in [6.45, 7) is 0. The number of alkyl halides is 4. The van der Waals surface area contributed by atoms with Gasteiger partial charge in [0.05, 0.1) is 10.6 Å². The molecule has 4 nitrogen and oxygen atoms in total. The molecular formula is C12H6ClF4NO3. The van der Waals surface area contributed by atoms with Crippen LogP contribution in [0, 0.1) is 0 Å². The molecule has 21 heavy (non-hydrogen) atoms. The van der Waals surface area contributed by atoms with Crippen molar-refractivity contribution in [3.8, 4) is 11.5 Å². The topological polar surface area (TPSA) is 47.9 Å². The fourth-order valence-corrected chi connectivity index (χ4v) is 2.42. The zero-order chi connectivity index (χ0) is 15.5. The summed E-state index contributed by atoms with van der Waals surface area (Å²) in [4.78, 5) is 14.0. The first-order chi connectivity index (χ1) is 9.71. The molecule has 2 aliphatic rings. The summed E-state index contributed by atoms with van der Waals surface area (Å²) in [5.74, 6) is -1.19. The first kappa shape index (κ1) is 14.2. The normalized spacial score (nSPS) is 23.1. The van der Waals surface area contributed by atoms with Gasteiger partial charge in [0.2, 0.25) is 6.08 Å². The Hall–Kier alpha value is -1.79. The van der Waals surface area contributed by atoms with Crippen molar-refractivity contribution in [2.24, 2.45) is 4.99 Å². The molecule has 1 aliphatic heterocycles. The summed E-state index contributed by atoms with van der Waals surface area (Å²) in [6, 6.07) is 1.98. The first-order valence-electron chi connectivity index (χ1n) is 5.77. The Balaban J connectivity index is 2.09. The van der Waals surface area contributed by atoms with E-state index in [0.29, 0.717) is 12.8 Å². The number of hydrogen-bond acceptors (Lipinski definition) is 4. The second kappa shape index (κ2) is 4.11. The van der Waals surface area contributed by atoms with Crippen LogP contribution in [0.3, 0.4) is 0 Å². The van der Waals surface area contributed by atoms with Crippen molar-refractivity contribution >= 4 is 17.7 Å². The number of carbonyl (C=O) groups excluding carboxylic acids is 1. The molecule has 1 fully saturated rings. The fraction of sp³-hybridized carbons (Fsp3) is 0.417. The van der Waals surface area contributed by atoms with Crippen LogP contribution in [0.15, 0.2) is 17.1 Å². The van der Waals surface area contributed by atoms with Crippen LogP contribution in [-0.4, -0.2) is 18.3 Å². The van der Waals surface area contributed by atoms with E-state index in [1.54, 1.807) is 0 Å². The van der Waals surface area contributed by atoms with E-state index in [1.165, 1.54) is 6.08 Å². The second-order valence-electron chi connectivity index (χ2n) is 4.75. The van der Waals surface area contributed by atoms with Crippen LogP contribution in [0.1, 0.15) is 18.4 Å². The van der Waals surface area contributed by atoms with Crippen molar-refractivity contribution in [2.45, 2.75) is 30.6 Å². The molecule has 1 aliphatic carbocycles. The molecule has 1 heterocycles. The Morgan fingerprint density at radius 1 is 1.10 bits per heavy atom. The molecule has 0 aromatic heterocycles. The SMILES string of the molecule is O=C=NC1(c2cc3c(cc2Cl)OC(F)(F)C(F)(F)O3)CC1. The molecule has 1 saturated carbocycles. The van der Waals surface area contributed by atoms with Gasteiger partial charge in [-0.15, -0.1) is 0 Å². The maximum Gasteiger partial charge on any atom is 0.507 e. The van der Waals surface area contributed by atoms with Crippen molar-refractivity contribution in [1.82, 2.24) is 0 Å². The van der Waals surface area contributed by atoms with Crippen molar-refractivity contribution < 1.29 is 31.8 Å². The largest absolute Gasteiger partial charge is 0.507 e. The van der Waals surface area contributed by atoms with E-state index in [9.17, 15) is 22.4 Å². The van der Waals surface area contributed by atoms with E-state index in [0.717, 1.165) is 12.1 Å². The number of ether oxygens (including phenoxy) is 2. The van der Waals surface area contributed by atoms with Gasteiger partial charge in [-0.1, -0.05) is 11.6 Å². The third-order valence-electron chi connectivity index (χ3n) is 3.33. The first-order valence-corrected chi connectivity index (χ1v) is 6.15. The molecule has 1 aromatic rings. The predicted octanol–water partition coefficient (Wildman–Crippen LogP) is 3.62. The Labute approximate surface area is 120 Å². The maximum atomic E-state index is 13.1. The van der Waals surface area contributed by atoms with Crippen molar-refractivity contribution in [3.63, 3.8) is 0 Å². The Bertz CT molecular complexity index is 669. The van der Waals surface area contributed by atoms with Crippen LogP contribution >= 0.6 is 11.6 Å². The summed E-state index contributed by atoms with van der Waals surface area (Å²) >= 11 is 5.93. The minimum Gasteiger partial charge on any atom is -0.421 e. The molecule has 0 N–H and O–H groups in total. The molecule has 0 bridgehead atoms. The summed E-state index contributed by atoms with van der Waals surface area (Å²) in [7, 11) is 0. The average Bonchev–Trinajstić information content (AvgIpc) is 3.11. The molecule has 112 valence electrons. The zero-order valence-electron chi connectivity index (χ0n) is 10.1. The van der Waals surface area contributed by atoms with Crippen molar-refractivity contribution in [1.29, 1.82) is 0 Å². The maximum absolute atomic E-state index is 13.1. The highest BCUT2D eigenvalue weighted by atomic mass is 35.5. The van der Waals surface area contributed by atoms with E-state index in [-0.39, 0.29) is 10.6 Å². The summed E-state index contributed by atoms with van der Waals surface area (Å²) in [5.41, 5.74) is -0.720. The van der Waals surface area contributed by atoms with Gasteiger partial charge in [0.25, 0.3) is 0 Å². The van der Waals surface area contributed by atoms with E-state index < -0.39 is 29.3 Å². The fourth-order valence-electron chi connectivity index (χ4n) is 2.09. The second-order valence-corrected chi connectivity index (χ2v) is 5.16. The molecule has 0 unspecified atom stereocenters. The van der Waals surface area contributed by atoms with Gasteiger partial charge < -0.3 is 9.47 Å². The van der Waals surface area contributed by atoms with Crippen molar-refractivity contribution in [3.05, 3.63) is 22.7 Å². The number of rotatable bonds is 2. The molecular weight excluding hydrogens is 318 g/mol. The van der Waals surface area contributed by atoms with Crippen LogP contribution in [0.2, 0.25) is 5.02 Å². The van der Waals surface area contributed by atoms with Crippen LogP contribution in [-0.2, 0) is 10.3 Å². The molecule has 0 atom stereocenters. The number of benzene rings is 1. The van der Waals surface area contributed by atoms with Crippen LogP contribution in [0.4, 0.5) is 17.6 Å². The lowest BCUT2D eigenvalue weighted by atomic mass is 10.0. The van der Waals surface area contributed by atoms with E-state index in [2.05, 4.69) is 14.5 Å². The predicted molar refractivity (Wildman–Crippen MR) is 61.6 cm³/mol. The van der Waals surface area contributed by atoms with Crippen LogP contribution in [0.25, 0.3) is 0 Å². The molecule has 0 amide bonds. The summed E-state index contributed by atoms with van der Waals surface area (Å²) in [5, 5.41) is -0.0325. The quantitative estimate of drug-likeness (QED) is 0.474. The van der Waals surface area contributed by atoms with Gasteiger partial charge in [0.15, 0.2) is 11.5 Å². The highest BCUT2D eigenvalue weighted by Crippen LogP contribution is 2.55. The molecule has 0 radical (unpaired) electrons. The number of nitrogens with zero attached hydrogens (tertiary/aromatic N) is 1. The molecule has 1 aromatic carbocycles. The van der Waals surface area contributed by atoms with Crippen molar-refractivity contribution in [2.75, 3.05) is 0 Å². The monoisotopic (exact) mass is 323 g/mol. The molecule has 0 spiro atoms. The van der Waals surface area contributed by atoms with Gasteiger partial charge in [-0.2, -0.15) is 22.6 Å². The molecule has 3 rings (SSSR count). The van der Waals surface area contributed by atoms with Gasteiger partial charge in [-0.25, -0.2) is 4.79 Å². The standard InChI is InChI=1S/C12H6ClF4NO3/c13-7-4-9-8(20-11(14,15)12(16,17)21-9)3-6(7)10(1-2-10)18-5-19/h3-4H,1-2H2. The number of aliphatic imine (C=N–C) groups is 1. The smallest absolute Gasteiger partial charge is 0.421 e. The summed E-state index contributed by atoms with van der Waals surface area (Å²) < 4.78 is 60.4. The molecule has 9 heteroatoms. The van der Waals surface area contributed by atoms with Gasteiger partial charge >= 0.3 is 12.2 Å². The Morgan fingerprint density at radius 2 is 1.62 bits per heavy atom. The Morgan fingerprint density at radius 3 is 2.10 bits per heavy atom. The number of fused-ring (bicyclic) bond motifs is 1. The van der Waals surface area contributed by atoms with Gasteiger partial charge in [0.1, 0.15) is 0 Å². The third-order valence-corrected chi connectivity index (χ3v) is 3.65. The number of isocyanates is 1. The zero-order valence-corrected chi connectivity index (χ0v) is 10.9. The minimum absolute atomic E-state index is 0.0325. The van der Waals surface area contributed by atoms with E-state index >= 15 is 0 Å². The van der Waals surface area contributed by atoms with Gasteiger partial charge in [0, 0.05) is 11.6 Å².